The van der Waals surface area contributed by atoms with Gasteiger partial charge in [0.1, 0.15) is 5.82 Å². The van der Waals surface area contributed by atoms with Gasteiger partial charge in [-0.1, -0.05) is 12.1 Å². The molecule has 1 atom stereocenters. The van der Waals surface area contributed by atoms with Crippen molar-refractivity contribution in [1.82, 2.24) is 0 Å². The molecule has 1 aliphatic rings. The summed E-state index contributed by atoms with van der Waals surface area (Å²) < 4.78 is 18.2. The summed E-state index contributed by atoms with van der Waals surface area (Å²) in [5.74, 6) is 0.193. The minimum absolute atomic E-state index is 0.216. The molecular weight excluding hydrogens is 205 g/mol. The number of benzene rings is 1. The zero-order valence-corrected chi connectivity index (χ0v) is 9.58. The predicted octanol–water partition coefficient (Wildman–Crippen LogP) is 2.43. The maximum atomic E-state index is 12.9. The Balaban J connectivity index is 2.19. The fourth-order valence-corrected chi connectivity index (χ4v) is 2.34. The Labute approximate surface area is 95.6 Å². The third kappa shape index (κ3) is 2.25. The van der Waals surface area contributed by atoms with Crippen molar-refractivity contribution in [3.63, 3.8) is 0 Å². The Morgan fingerprint density at radius 2 is 1.81 bits per heavy atom. The summed E-state index contributed by atoms with van der Waals surface area (Å²) in [4.78, 5) is 0. The molecule has 1 unspecified atom stereocenters. The first-order chi connectivity index (χ1) is 7.60. The fraction of sp³-hybridized carbons (Fsp3) is 0.538. The molecule has 2 rings (SSSR count). The minimum Gasteiger partial charge on any atom is -0.381 e. The molecule has 1 fully saturated rings. The highest BCUT2D eigenvalue weighted by Gasteiger charge is 2.32. The molecular formula is C13H18FNO. The van der Waals surface area contributed by atoms with Crippen LogP contribution in [0.1, 0.15) is 25.3 Å². The normalized spacial score (nSPS) is 21.7. The summed E-state index contributed by atoms with van der Waals surface area (Å²) in [5.41, 5.74) is 6.99. The average Bonchev–Trinajstić information content (AvgIpc) is 2.31. The van der Waals surface area contributed by atoms with Crippen molar-refractivity contribution in [3.8, 4) is 0 Å². The van der Waals surface area contributed by atoms with E-state index in [0.717, 1.165) is 31.6 Å². The highest BCUT2D eigenvalue weighted by molar-refractivity contribution is 5.24. The Hall–Kier alpha value is -0.930. The molecule has 0 bridgehead atoms. The van der Waals surface area contributed by atoms with Crippen molar-refractivity contribution >= 4 is 0 Å². The lowest BCUT2D eigenvalue weighted by atomic mass is 9.76. The molecule has 16 heavy (non-hydrogen) atoms. The molecule has 2 N–H and O–H groups in total. The van der Waals surface area contributed by atoms with Gasteiger partial charge < -0.3 is 10.5 Å². The summed E-state index contributed by atoms with van der Waals surface area (Å²) in [5, 5.41) is 0. The van der Waals surface area contributed by atoms with Crippen LogP contribution in [-0.2, 0) is 10.3 Å². The monoisotopic (exact) mass is 223 g/mol. The molecule has 0 amide bonds. The molecule has 0 aromatic heterocycles. The van der Waals surface area contributed by atoms with Crippen LogP contribution in [0.15, 0.2) is 24.3 Å². The molecule has 1 saturated heterocycles. The Morgan fingerprint density at radius 1 is 1.25 bits per heavy atom. The highest BCUT2D eigenvalue weighted by Crippen LogP contribution is 2.33. The van der Waals surface area contributed by atoms with Crippen LogP contribution in [0, 0.1) is 11.7 Å². The zero-order valence-electron chi connectivity index (χ0n) is 9.58. The first kappa shape index (κ1) is 11.6. The van der Waals surface area contributed by atoms with Crippen LogP contribution < -0.4 is 5.73 Å². The average molecular weight is 223 g/mol. The number of ether oxygens (including phenoxy) is 1. The van der Waals surface area contributed by atoms with Crippen molar-refractivity contribution in [2.45, 2.75) is 25.3 Å². The number of rotatable bonds is 2. The standard InChI is InChI=1S/C13H18FNO/c1-13(15,11-6-8-16-9-7-11)10-2-4-12(14)5-3-10/h2-5,11H,6-9,15H2,1H3. The van der Waals surface area contributed by atoms with Crippen LogP contribution in [0.2, 0.25) is 0 Å². The van der Waals surface area contributed by atoms with Crippen LogP contribution in [0.5, 0.6) is 0 Å². The quantitative estimate of drug-likeness (QED) is 0.835. The lowest BCUT2D eigenvalue weighted by molar-refractivity contribution is 0.0411. The van der Waals surface area contributed by atoms with Crippen LogP contribution in [0.4, 0.5) is 4.39 Å². The highest BCUT2D eigenvalue weighted by atomic mass is 19.1. The van der Waals surface area contributed by atoms with Gasteiger partial charge in [0, 0.05) is 18.8 Å². The van der Waals surface area contributed by atoms with Gasteiger partial charge in [0.15, 0.2) is 0 Å². The summed E-state index contributed by atoms with van der Waals surface area (Å²) in [6.07, 6.45) is 1.95. The van der Waals surface area contributed by atoms with Gasteiger partial charge in [-0.25, -0.2) is 4.39 Å². The van der Waals surface area contributed by atoms with Gasteiger partial charge in [-0.15, -0.1) is 0 Å². The van der Waals surface area contributed by atoms with E-state index in [4.69, 9.17) is 10.5 Å². The van der Waals surface area contributed by atoms with E-state index in [1.54, 1.807) is 12.1 Å². The van der Waals surface area contributed by atoms with E-state index in [9.17, 15) is 4.39 Å². The smallest absolute Gasteiger partial charge is 0.123 e. The third-order valence-electron chi connectivity index (χ3n) is 3.54. The Morgan fingerprint density at radius 3 is 2.38 bits per heavy atom. The van der Waals surface area contributed by atoms with E-state index in [1.807, 2.05) is 6.92 Å². The summed E-state index contributed by atoms with van der Waals surface area (Å²) in [6, 6.07) is 6.51. The molecule has 0 radical (unpaired) electrons. The Kier molecular flexibility index (Phi) is 3.26. The topological polar surface area (TPSA) is 35.2 Å². The van der Waals surface area contributed by atoms with Crippen molar-refractivity contribution in [3.05, 3.63) is 35.6 Å². The number of nitrogens with two attached hydrogens (primary N) is 1. The van der Waals surface area contributed by atoms with Crippen LogP contribution >= 0.6 is 0 Å². The van der Waals surface area contributed by atoms with Gasteiger partial charge in [0.05, 0.1) is 0 Å². The molecule has 2 nitrogen and oxygen atoms in total. The molecule has 0 spiro atoms. The molecule has 1 heterocycles. The van der Waals surface area contributed by atoms with Gasteiger partial charge in [-0.2, -0.15) is 0 Å². The van der Waals surface area contributed by atoms with Gasteiger partial charge in [-0.05, 0) is 43.4 Å². The van der Waals surface area contributed by atoms with Crippen molar-refractivity contribution in [2.75, 3.05) is 13.2 Å². The number of hydrogen-bond donors (Lipinski definition) is 1. The molecule has 0 aliphatic carbocycles. The van der Waals surface area contributed by atoms with Crippen molar-refractivity contribution < 1.29 is 9.13 Å². The van der Waals surface area contributed by atoms with E-state index in [2.05, 4.69) is 0 Å². The first-order valence-corrected chi connectivity index (χ1v) is 5.73. The minimum atomic E-state index is -0.391. The van der Waals surface area contributed by atoms with Gasteiger partial charge in [0.25, 0.3) is 0 Å². The van der Waals surface area contributed by atoms with Gasteiger partial charge in [-0.3, -0.25) is 0 Å². The van der Waals surface area contributed by atoms with Gasteiger partial charge >= 0.3 is 0 Å². The van der Waals surface area contributed by atoms with Gasteiger partial charge in [0.2, 0.25) is 0 Å². The van der Waals surface area contributed by atoms with Crippen LogP contribution in [-0.4, -0.2) is 13.2 Å². The largest absolute Gasteiger partial charge is 0.381 e. The second-order valence-electron chi connectivity index (χ2n) is 4.68. The molecule has 0 saturated carbocycles. The first-order valence-electron chi connectivity index (χ1n) is 5.73. The van der Waals surface area contributed by atoms with Crippen LogP contribution in [0.25, 0.3) is 0 Å². The SMILES string of the molecule is CC(N)(c1ccc(F)cc1)C1CCOCC1. The van der Waals surface area contributed by atoms with E-state index < -0.39 is 5.54 Å². The molecule has 3 heteroatoms. The summed E-state index contributed by atoms with van der Waals surface area (Å²) in [6.45, 7) is 3.58. The van der Waals surface area contributed by atoms with E-state index in [-0.39, 0.29) is 5.82 Å². The summed E-state index contributed by atoms with van der Waals surface area (Å²) in [7, 11) is 0. The predicted molar refractivity (Wildman–Crippen MR) is 61.5 cm³/mol. The van der Waals surface area contributed by atoms with E-state index in [0.29, 0.717) is 5.92 Å². The summed E-state index contributed by atoms with van der Waals surface area (Å²) >= 11 is 0. The van der Waals surface area contributed by atoms with E-state index in [1.165, 1.54) is 12.1 Å². The maximum absolute atomic E-state index is 12.9. The Bertz CT molecular complexity index is 341. The third-order valence-corrected chi connectivity index (χ3v) is 3.54. The second-order valence-corrected chi connectivity index (χ2v) is 4.68. The number of halogens is 1. The second kappa shape index (κ2) is 4.52. The van der Waals surface area contributed by atoms with Crippen molar-refractivity contribution in [1.29, 1.82) is 0 Å². The van der Waals surface area contributed by atoms with E-state index >= 15 is 0 Å². The zero-order chi connectivity index (χ0) is 11.6. The molecule has 1 aromatic rings. The number of hydrogen-bond acceptors (Lipinski definition) is 2. The lowest BCUT2D eigenvalue weighted by Gasteiger charge is -2.37. The molecule has 1 aromatic carbocycles. The molecule has 88 valence electrons. The fourth-order valence-electron chi connectivity index (χ4n) is 2.34. The molecule has 1 aliphatic heterocycles. The lowest BCUT2D eigenvalue weighted by Crippen LogP contribution is -2.43. The van der Waals surface area contributed by atoms with Crippen LogP contribution in [0.3, 0.4) is 0 Å². The van der Waals surface area contributed by atoms with Crippen molar-refractivity contribution in [2.24, 2.45) is 11.7 Å². The maximum Gasteiger partial charge on any atom is 0.123 e.